The summed E-state index contributed by atoms with van der Waals surface area (Å²) < 4.78 is 24.3. The first-order valence-electron chi connectivity index (χ1n) is 9.40. The maximum atomic E-state index is 13.4. The molecule has 0 atom stereocenters. The highest BCUT2D eigenvalue weighted by molar-refractivity contribution is 6.08. The molecule has 164 valence electrons. The Labute approximate surface area is 177 Å². The number of nitro benzene ring substituents is 1. The average Bonchev–Trinajstić information content (AvgIpc) is 2.62. The van der Waals surface area contributed by atoms with Crippen LogP contribution in [0.3, 0.4) is 0 Å². The van der Waals surface area contributed by atoms with Crippen molar-refractivity contribution in [3.05, 3.63) is 52.3 Å². The van der Waals surface area contributed by atoms with Crippen molar-refractivity contribution in [3.8, 4) is 11.5 Å². The lowest BCUT2D eigenvalue weighted by molar-refractivity contribution is -0.385. The van der Waals surface area contributed by atoms with Crippen molar-refractivity contribution in [2.45, 2.75) is 45.8 Å². The molecule has 0 aromatic heterocycles. The number of nitrogens with one attached hydrogen (secondary N) is 1. The third-order valence-corrected chi connectivity index (χ3v) is 4.33. The molecule has 0 unspecified atom stereocenters. The number of benzene rings is 2. The minimum Gasteiger partial charge on any atom is -0.476 e. The summed E-state index contributed by atoms with van der Waals surface area (Å²) in [6.45, 7) is 8.20. The van der Waals surface area contributed by atoms with Crippen molar-refractivity contribution in [3.63, 3.8) is 0 Å². The fraction of sp³-hybridized carbons (Fsp3) is 0.333. The van der Waals surface area contributed by atoms with Gasteiger partial charge in [0.25, 0.3) is 5.91 Å². The zero-order valence-corrected chi connectivity index (χ0v) is 17.7. The minimum atomic E-state index is -1.35. The number of nitro groups is 1. The molecule has 0 saturated carbocycles. The summed E-state index contributed by atoms with van der Waals surface area (Å²) in [6, 6.07) is 7.44. The van der Waals surface area contributed by atoms with Crippen LogP contribution >= 0.6 is 0 Å². The summed E-state index contributed by atoms with van der Waals surface area (Å²) in [6.07, 6.45) is -0.896. The lowest BCUT2D eigenvalue weighted by atomic mass is 10.0. The Morgan fingerprint density at radius 1 is 1.23 bits per heavy atom. The highest BCUT2D eigenvalue weighted by Gasteiger charge is 2.43. The summed E-state index contributed by atoms with van der Waals surface area (Å²) in [5.74, 6) is -1.29. The molecule has 1 aliphatic rings. The number of hydrogen-bond donors (Lipinski definition) is 1. The van der Waals surface area contributed by atoms with E-state index in [-0.39, 0.29) is 17.2 Å². The van der Waals surface area contributed by atoms with Gasteiger partial charge in [0.1, 0.15) is 5.82 Å². The Bertz CT molecular complexity index is 1060. The lowest BCUT2D eigenvalue weighted by Gasteiger charge is -2.38. The fourth-order valence-electron chi connectivity index (χ4n) is 2.99. The lowest BCUT2D eigenvalue weighted by Crippen LogP contribution is -2.50. The number of carbonyl (C=O) groups is 2. The van der Waals surface area contributed by atoms with E-state index in [4.69, 9.17) is 9.47 Å². The molecule has 2 amide bonds. The molecule has 9 nitrogen and oxygen atoms in total. The Morgan fingerprint density at radius 3 is 2.39 bits per heavy atom. The molecular weight excluding hydrogens is 409 g/mol. The third kappa shape index (κ3) is 4.57. The van der Waals surface area contributed by atoms with Crippen LogP contribution in [0.15, 0.2) is 36.4 Å². The number of hydrogen-bond acceptors (Lipinski definition) is 6. The first-order chi connectivity index (χ1) is 14.3. The highest BCUT2D eigenvalue weighted by Crippen LogP contribution is 2.47. The molecule has 1 aliphatic heterocycles. The maximum Gasteiger partial charge on any atom is 0.413 e. The molecule has 2 aromatic carbocycles. The van der Waals surface area contributed by atoms with Crippen LogP contribution in [0.4, 0.5) is 26.2 Å². The second-order valence-electron chi connectivity index (χ2n) is 8.54. The predicted octanol–water partition coefficient (Wildman–Crippen LogP) is 4.46. The minimum absolute atomic E-state index is 0.0456. The van der Waals surface area contributed by atoms with E-state index in [9.17, 15) is 24.1 Å². The number of halogens is 1. The molecule has 3 rings (SSSR count). The van der Waals surface area contributed by atoms with Crippen LogP contribution in [0.1, 0.15) is 34.6 Å². The second kappa shape index (κ2) is 7.53. The average molecular weight is 431 g/mol. The van der Waals surface area contributed by atoms with Gasteiger partial charge in [-0.2, -0.15) is 0 Å². The number of nitrogens with zero attached hydrogens (tertiary/aromatic N) is 2. The first kappa shape index (κ1) is 22.0. The molecular formula is C21H22FN3O6. The van der Waals surface area contributed by atoms with Crippen molar-refractivity contribution in [2.75, 3.05) is 4.90 Å². The number of amides is 2. The van der Waals surface area contributed by atoms with Gasteiger partial charge in [0.2, 0.25) is 5.75 Å². The van der Waals surface area contributed by atoms with Crippen LogP contribution in [-0.2, 0) is 4.79 Å². The summed E-state index contributed by atoms with van der Waals surface area (Å²) in [4.78, 5) is 37.4. The molecule has 0 saturated heterocycles. The molecule has 10 heteroatoms. The van der Waals surface area contributed by atoms with Crippen molar-refractivity contribution in [1.29, 1.82) is 0 Å². The van der Waals surface area contributed by atoms with Gasteiger partial charge in [-0.1, -0.05) is 0 Å². The smallest absolute Gasteiger partial charge is 0.413 e. The standard InChI is InChI=1S/C21H22FN3O6/c1-20(2,3)23-19(27)30-16-10-14-17(11-15(16)25(28)29)31-21(4,5)18(26)24(14)13-8-6-12(22)7-9-13/h6-11H,1-5H3,(H,23,27). The van der Waals surface area contributed by atoms with Crippen LogP contribution in [0, 0.1) is 15.9 Å². The van der Waals surface area contributed by atoms with Crippen molar-refractivity contribution in [2.24, 2.45) is 0 Å². The van der Waals surface area contributed by atoms with Gasteiger partial charge in [0, 0.05) is 17.3 Å². The molecule has 0 aliphatic carbocycles. The fourth-order valence-corrected chi connectivity index (χ4v) is 2.99. The van der Waals surface area contributed by atoms with Gasteiger partial charge in [-0.05, 0) is 58.9 Å². The Hall–Kier alpha value is -3.69. The largest absolute Gasteiger partial charge is 0.476 e. The second-order valence-corrected chi connectivity index (χ2v) is 8.54. The topological polar surface area (TPSA) is 111 Å². The van der Waals surface area contributed by atoms with E-state index in [1.807, 2.05) is 0 Å². The molecule has 1 N–H and O–H groups in total. The zero-order valence-electron chi connectivity index (χ0n) is 17.7. The Balaban J connectivity index is 2.15. The summed E-state index contributed by atoms with van der Waals surface area (Å²) >= 11 is 0. The summed E-state index contributed by atoms with van der Waals surface area (Å²) in [5.41, 5.74) is -2.04. The van der Waals surface area contributed by atoms with E-state index >= 15 is 0 Å². The SMILES string of the molecule is CC(C)(C)NC(=O)Oc1cc2c(cc1[N+](=O)[O-])OC(C)(C)C(=O)N2c1ccc(F)cc1. The third-order valence-electron chi connectivity index (χ3n) is 4.33. The Morgan fingerprint density at radius 2 is 1.84 bits per heavy atom. The van der Waals surface area contributed by atoms with E-state index < -0.39 is 39.6 Å². The molecule has 2 aromatic rings. The molecule has 0 fully saturated rings. The number of carbonyl (C=O) groups excluding carboxylic acids is 2. The van der Waals surface area contributed by atoms with Gasteiger partial charge in [0.05, 0.1) is 16.7 Å². The van der Waals surface area contributed by atoms with Gasteiger partial charge < -0.3 is 14.8 Å². The van der Waals surface area contributed by atoms with Crippen molar-refractivity contribution < 1.29 is 28.4 Å². The van der Waals surface area contributed by atoms with E-state index in [2.05, 4.69) is 5.32 Å². The molecule has 0 bridgehead atoms. The van der Waals surface area contributed by atoms with E-state index in [1.54, 1.807) is 20.8 Å². The monoisotopic (exact) mass is 431 g/mol. The van der Waals surface area contributed by atoms with Crippen LogP contribution in [0.5, 0.6) is 11.5 Å². The van der Waals surface area contributed by atoms with Crippen LogP contribution < -0.4 is 19.7 Å². The van der Waals surface area contributed by atoms with Crippen molar-refractivity contribution >= 4 is 29.1 Å². The van der Waals surface area contributed by atoms with E-state index in [0.29, 0.717) is 5.69 Å². The molecule has 1 heterocycles. The predicted molar refractivity (Wildman–Crippen MR) is 110 cm³/mol. The van der Waals surface area contributed by atoms with Crippen LogP contribution in [0.2, 0.25) is 0 Å². The van der Waals surface area contributed by atoms with Gasteiger partial charge in [-0.15, -0.1) is 0 Å². The number of fused-ring (bicyclic) bond motifs is 1. The van der Waals surface area contributed by atoms with Gasteiger partial charge in [-0.25, -0.2) is 9.18 Å². The van der Waals surface area contributed by atoms with E-state index in [0.717, 1.165) is 6.07 Å². The number of rotatable bonds is 3. The zero-order chi connectivity index (χ0) is 23.1. The van der Waals surface area contributed by atoms with Gasteiger partial charge in [0.15, 0.2) is 11.4 Å². The van der Waals surface area contributed by atoms with Gasteiger partial charge >= 0.3 is 11.8 Å². The van der Waals surface area contributed by atoms with Crippen molar-refractivity contribution in [1.82, 2.24) is 5.32 Å². The normalized spacial score (nSPS) is 15.0. The number of ether oxygens (including phenoxy) is 2. The molecule has 0 spiro atoms. The summed E-state index contributed by atoms with van der Waals surface area (Å²) in [7, 11) is 0. The first-order valence-corrected chi connectivity index (χ1v) is 9.40. The number of anilines is 2. The highest BCUT2D eigenvalue weighted by atomic mass is 19.1. The maximum absolute atomic E-state index is 13.4. The van der Waals surface area contributed by atoms with Crippen LogP contribution in [-0.4, -0.2) is 28.1 Å². The van der Waals surface area contributed by atoms with E-state index in [1.165, 1.54) is 49.1 Å². The van der Waals surface area contributed by atoms with Gasteiger partial charge in [-0.3, -0.25) is 19.8 Å². The molecule has 31 heavy (non-hydrogen) atoms. The quantitative estimate of drug-likeness (QED) is 0.568. The summed E-state index contributed by atoms with van der Waals surface area (Å²) in [5, 5.41) is 14.2. The Kier molecular flexibility index (Phi) is 5.35. The molecule has 0 radical (unpaired) electrons. The van der Waals surface area contributed by atoms with Crippen LogP contribution in [0.25, 0.3) is 0 Å².